The number of carbonyl (C=O) groups is 1. The molecule has 0 bridgehead atoms. The van der Waals surface area contributed by atoms with Crippen LogP contribution in [0.5, 0.6) is 0 Å². The fourth-order valence-corrected chi connectivity index (χ4v) is 2.50. The Labute approximate surface area is 129 Å². The van der Waals surface area contributed by atoms with E-state index in [0.29, 0.717) is 0 Å². The van der Waals surface area contributed by atoms with Gasteiger partial charge in [-0.3, -0.25) is 4.79 Å². The lowest BCUT2D eigenvalue weighted by Gasteiger charge is -2.13. The van der Waals surface area contributed by atoms with E-state index in [1.54, 1.807) is 31.2 Å². The van der Waals surface area contributed by atoms with Gasteiger partial charge in [0.2, 0.25) is 10.0 Å². The van der Waals surface area contributed by atoms with Crippen molar-refractivity contribution in [3.8, 4) is 0 Å². The number of furan rings is 1. The van der Waals surface area contributed by atoms with Gasteiger partial charge in [0.25, 0.3) is 5.91 Å². The van der Waals surface area contributed by atoms with E-state index >= 15 is 0 Å². The standard InChI is InChI=1S/C15H18N2O4S/c1-3-12-6-9-14(21-12)15(18)17-10(2)11-4-7-13(8-5-11)22(16,19)20/h4-10H,3H2,1-2H3,(H,17,18)(H2,16,19,20). The molecule has 1 amide bonds. The SMILES string of the molecule is CCc1ccc(C(=O)NC(C)c2ccc(S(N)(=O)=O)cc2)o1. The van der Waals surface area contributed by atoms with Crippen LogP contribution in [0.25, 0.3) is 0 Å². The Morgan fingerprint density at radius 2 is 1.86 bits per heavy atom. The molecule has 118 valence electrons. The van der Waals surface area contributed by atoms with Crippen molar-refractivity contribution in [2.75, 3.05) is 0 Å². The minimum absolute atomic E-state index is 0.0356. The van der Waals surface area contributed by atoms with Gasteiger partial charge in [-0.1, -0.05) is 19.1 Å². The number of nitrogens with two attached hydrogens (primary N) is 1. The zero-order valence-electron chi connectivity index (χ0n) is 12.4. The first kappa shape index (κ1) is 16.3. The van der Waals surface area contributed by atoms with Crippen molar-refractivity contribution in [2.24, 2.45) is 5.14 Å². The van der Waals surface area contributed by atoms with Crippen LogP contribution in [0.1, 0.15) is 41.8 Å². The molecule has 0 saturated carbocycles. The van der Waals surface area contributed by atoms with Crippen LogP contribution in [0.2, 0.25) is 0 Å². The summed E-state index contributed by atoms with van der Waals surface area (Å²) in [5.74, 6) is 0.683. The molecule has 6 nitrogen and oxygen atoms in total. The molecule has 0 saturated heterocycles. The molecule has 1 aromatic heterocycles. The van der Waals surface area contributed by atoms with E-state index in [1.165, 1.54) is 12.1 Å². The third-order valence-electron chi connectivity index (χ3n) is 3.29. The summed E-state index contributed by atoms with van der Waals surface area (Å²) in [7, 11) is -3.71. The van der Waals surface area contributed by atoms with Gasteiger partial charge in [-0.25, -0.2) is 13.6 Å². The van der Waals surface area contributed by atoms with Crippen LogP contribution >= 0.6 is 0 Å². The van der Waals surface area contributed by atoms with Gasteiger partial charge in [0.05, 0.1) is 10.9 Å². The fraction of sp³-hybridized carbons (Fsp3) is 0.267. The highest BCUT2D eigenvalue weighted by Crippen LogP contribution is 2.17. The average Bonchev–Trinajstić information content (AvgIpc) is 2.95. The summed E-state index contributed by atoms with van der Waals surface area (Å²) in [5, 5.41) is 7.84. The van der Waals surface area contributed by atoms with Gasteiger partial charge >= 0.3 is 0 Å². The highest BCUT2D eigenvalue weighted by atomic mass is 32.2. The molecule has 1 atom stereocenters. The molecule has 0 aliphatic carbocycles. The van der Waals surface area contributed by atoms with Crippen LogP contribution in [0.15, 0.2) is 45.7 Å². The number of nitrogens with one attached hydrogen (secondary N) is 1. The molecule has 1 aromatic carbocycles. The van der Waals surface area contributed by atoms with Gasteiger partial charge in [0.1, 0.15) is 5.76 Å². The van der Waals surface area contributed by atoms with E-state index in [2.05, 4.69) is 5.32 Å². The fourth-order valence-electron chi connectivity index (χ4n) is 1.99. The lowest BCUT2D eigenvalue weighted by atomic mass is 10.1. The lowest BCUT2D eigenvalue weighted by Crippen LogP contribution is -2.26. The van der Waals surface area contributed by atoms with Crippen LogP contribution in [-0.4, -0.2) is 14.3 Å². The largest absolute Gasteiger partial charge is 0.456 e. The van der Waals surface area contributed by atoms with E-state index in [-0.39, 0.29) is 22.6 Å². The van der Waals surface area contributed by atoms with E-state index in [9.17, 15) is 13.2 Å². The quantitative estimate of drug-likeness (QED) is 0.878. The Bertz CT molecular complexity index is 763. The highest BCUT2D eigenvalue weighted by molar-refractivity contribution is 7.89. The van der Waals surface area contributed by atoms with E-state index < -0.39 is 10.0 Å². The molecule has 0 aliphatic rings. The van der Waals surface area contributed by atoms with Gasteiger partial charge in [-0.15, -0.1) is 0 Å². The molecule has 22 heavy (non-hydrogen) atoms. The first-order valence-corrected chi connectivity index (χ1v) is 8.38. The Morgan fingerprint density at radius 1 is 1.23 bits per heavy atom. The van der Waals surface area contributed by atoms with E-state index in [4.69, 9.17) is 9.56 Å². The maximum Gasteiger partial charge on any atom is 0.287 e. The number of sulfonamides is 1. The molecule has 0 aliphatic heterocycles. The maximum atomic E-state index is 12.1. The van der Waals surface area contributed by atoms with Crippen LogP contribution in [0.3, 0.4) is 0 Å². The predicted octanol–water partition coefficient (Wildman–Crippen LogP) is 1.98. The van der Waals surface area contributed by atoms with Gasteiger partial charge in [-0.2, -0.15) is 0 Å². The molecule has 7 heteroatoms. The number of carbonyl (C=O) groups excluding carboxylic acids is 1. The third-order valence-corrected chi connectivity index (χ3v) is 4.22. The monoisotopic (exact) mass is 322 g/mol. The van der Waals surface area contributed by atoms with Crippen molar-refractivity contribution in [2.45, 2.75) is 31.2 Å². The van der Waals surface area contributed by atoms with E-state index in [0.717, 1.165) is 17.7 Å². The van der Waals surface area contributed by atoms with Crippen LogP contribution < -0.4 is 10.5 Å². The number of amides is 1. The minimum Gasteiger partial charge on any atom is -0.456 e. The number of hydrogen-bond acceptors (Lipinski definition) is 4. The highest BCUT2D eigenvalue weighted by Gasteiger charge is 2.15. The van der Waals surface area contributed by atoms with Crippen LogP contribution in [-0.2, 0) is 16.4 Å². The van der Waals surface area contributed by atoms with Crippen molar-refractivity contribution in [3.63, 3.8) is 0 Å². The van der Waals surface area contributed by atoms with E-state index in [1.807, 2.05) is 6.92 Å². The summed E-state index contributed by atoms with van der Waals surface area (Å²) >= 11 is 0. The Hall–Kier alpha value is -2.12. The molecular weight excluding hydrogens is 304 g/mol. The molecular formula is C15H18N2O4S. The second-order valence-electron chi connectivity index (χ2n) is 4.93. The Morgan fingerprint density at radius 3 is 2.36 bits per heavy atom. The van der Waals surface area contributed by atoms with Crippen molar-refractivity contribution in [1.29, 1.82) is 0 Å². The Kier molecular flexibility index (Phi) is 4.68. The van der Waals surface area contributed by atoms with Crippen LogP contribution in [0.4, 0.5) is 0 Å². The summed E-state index contributed by atoms with van der Waals surface area (Å²) in [6.45, 7) is 3.74. The minimum atomic E-state index is -3.71. The van der Waals surface area contributed by atoms with Crippen LogP contribution in [0, 0.1) is 0 Å². The van der Waals surface area contributed by atoms with Crippen molar-refractivity contribution in [1.82, 2.24) is 5.32 Å². The maximum absolute atomic E-state index is 12.1. The molecule has 0 spiro atoms. The average molecular weight is 322 g/mol. The van der Waals surface area contributed by atoms with Crippen molar-refractivity contribution < 1.29 is 17.6 Å². The summed E-state index contributed by atoms with van der Waals surface area (Å²) in [6, 6.07) is 9.16. The smallest absolute Gasteiger partial charge is 0.287 e. The second-order valence-corrected chi connectivity index (χ2v) is 6.49. The summed E-state index contributed by atoms with van der Waals surface area (Å²) < 4.78 is 27.8. The van der Waals surface area contributed by atoms with Gasteiger partial charge in [0.15, 0.2) is 5.76 Å². The zero-order valence-corrected chi connectivity index (χ0v) is 13.2. The molecule has 0 radical (unpaired) electrons. The number of primary sulfonamides is 1. The first-order chi connectivity index (χ1) is 10.3. The van der Waals surface area contributed by atoms with Crippen molar-refractivity contribution >= 4 is 15.9 Å². The predicted molar refractivity (Wildman–Crippen MR) is 81.8 cm³/mol. The third kappa shape index (κ3) is 3.75. The topological polar surface area (TPSA) is 102 Å². The van der Waals surface area contributed by atoms with Gasteiger partial charge < -0.3 is 9.73 Å². The number of hydrogen-bond donors (Lipinski definition) is 2. The normalized spacial score (nSPS) is 12.9. The molecule has 2 rings (SSSR count). The van der Waals surface area contributed by atoms with Crippen molar-refractivity contribution in [3.05, 3.63) is 53.5 Å². The molecule has 3 N–H and O–H groups in total. The number of benzene rings is 1. The second kappa shape index (κ2) is 6.33. The number of rotatable bonds is 5. The van der Waals surface area contributed by atoms with Gasteiger partial charge in [-0.05, 0) is 36.8 Å². The summed E-state index contributed by atoms with van der Waals surface area (Å²) in [4.78, 5) is 12.1. The lowest BCUT2D eigenvalue weighted by molar-refractivity contribution is 0.0910. The zero-order chi connectivity index (χ0) is 16.3. The first-order valence-electron chi connectivity index (χ1n) is 6.83. The molecule has 2 aromatic rings. The van der Waals surface area contributed by atoms with Gasteiger partial charge in [0, 0.05) is 6.42 Å². The molecule has 1 heterocycles. The summed E-state index contributed by atoms with van der Waals surface area (Å²) in [6.07, 6.45) is 0.720. The number of aryl methyl sites for hydroxylation is 1. The summed E-state index contributed by atoms with van der Waals surface area (Å²) in [5.41, 5.74) is 0.767. The molecule has 0 fully saturated rings. The molecule has 1 unspecified atom stereocenters. The Balaban J connectivity index is 2.08.